The largest absolute Gasteiger partial charge is 0.573 e. The summed E-state index contributed by atoms with van der Waals surface area (Å²) in [6.07, 6.45) is -3.57. The fraction of sp³-hybridized carbons (Fsp3) is 0.304. The lowest BCUT2D eigenvalue weighted by atomic mass is 9.99. The molecule has 3 amide bonds. The van der Waals surface area contributed by atoms with Crippen molar-refractivity contribution in [1.29, 1.82) is 10.8 Å². The number of halogens is 4. The molecule has 0 fully saturated rings. The van der Waals surface area contributed by atoms with Gasteiger partial charge in [0.1, 0.15) is 28.5 Å². The third-order valence-corrected chi connectivity index (χ3v) is 12.4. The maximum atomic E-state index is 13.1. The second-order valence-corrected chi connectivity index (χ2v) is 17.6. The van der Waals surface area contributed by atoms with Crippen molar-refractivity contribution in [2.45, 2.75) is 44.8 Å². The average molecular weight is 994 g/mol. The van der Waals surface area contributed by atoms with Crippen molar-refractivity contribution in [3.05, 3.63) is 116 Å². The number of rotatable bonds is 20. The van der Waals surface area contributed by atoms with Gasteiger partial charge in [-0.1, -0.05) is 65.8 Å². The van der Waals surface area contributed by atoms with Gasteiger partial charge in [-0.15, -0.1) is 24.5 Å². The number of aromatic nitrogens is 2. The van der Waals surface area contributed by atoms with Crippen molar-refractivity contribution in [3.63, 3.8) is 0 Å². The van der Waals surface area contributed by atoms with Gasteiger partial charge in [-0.3, -0.25) is 35.1 Å². The molecule has 3 aromatic carbocycles. The van der Waals surface area contributed by atoms with Crippen LogP contribution in [0.15, 0.2) is 88.6 Å². The number of benzene rings is 3. The highest BCUT2D eigenvalue weighted by Gasteiger charge is 2.35. The number of amidine groups is 2. The number of aliphatic imine (C=N–C) groups is 1. The highest BCUT2D eigenvalue weighted by Crippen LogP contribution is 2.40. The fourth-order valence-corrected chi connectivity index (χ4v) is 8.83. The van der Waals surface area contributed by atoms with E-state index < -0.39 is 24.1 Å². The van der Waals surface area contributed by atoms with Gasteiger partial charge in [0.05, 0.1) is 67.6 Å². The van der Waals surface area contributed by atoms with Crippen molar-refractivity contribution >= 4 is 91.8 Å². The van der Waals surface area contributed by atoms with Crippen LogP contribution >= 0.6 is 34.7 Å². The van der Waals surface area contributed by atoms with Gasteiger partial charge >= 0.3 is 6.36 Å². The Morgan fingerprint density at radius 2 is 1.59 bits per heavy atom. The molecule has 0 aliphatic carbocycles. The molecule has 5 aromatic rings. The topological polar surface area (TPSA) is 230 Å². The summed E-state index contributed by atoms with van der Waals surface area (Å²) in [5, 5.41) is 27.9. The van der Waals surface area contributed by atoms with E-state index >= 15 is 0 Å². The summed E-state index contributed by atoms with van der Waals surface area (Å²) in [5.41, 5.74) is 10.3. The minimum atomic E-state index is -4.98. The van der Waals surface area contributed by atoms with Crippen LogP contribution in [0.5, 0.6) is 5.75 Å². The van der Waals surface area contributed by atoms with Gasteiger partial charge in [-0.25, -0.2) is 9.97 Å². The molecular weight excluding hydrogens is 945 g/mol. The summed E-state index contributed by atoms with van der Waals surface area (Å²) in [4.78, 5) is 55.2. The van der Waals surface area contributed by atoms with Gasteiger partial charge in [0.25, 0.3) is 5.91 Å². The first kappa shape index (κ1) is 51.0. The Kier molecular flexibility index (Phi) is 17.7. The Hall–Kier alpha value is -6.39. The van der Waals surface area contributed by atoms with Gasteiger partial charge in [0, 0.05) is 45.2 Å². The number of fused-ring (bicyclic) bond motifs is 2. The van der Waals surface area contributed by atoms with Crippen molar-refractivity contribution in [2.24, 2.45) is 10.7 Å². The standard InChI is InChI=1S/C46H48ClF3N10O6S2/c1-26-27(2)68-44-40(26)41(29-12-14-30(47)15-13-29)57-36(42(53)60(44)28(3)51)23-38(61)54-16-18-64-20-21-65-19-17-55-39(62)25-67-45-58-34-10-6-4-8-32(34)35(59-45)22-31(52)24-56-43(63)33-9-5-7-11-37(33)66-46(48,49)50/h4-15,22,36,51,53H,16-21,23-25,52H2,1-3H3,(H,54,61)(H,55,62)(H,56,63)/t36-/m0/s1. The second-order valence-electron chi connectivity index (χ2n) is 15.0. The van der Waals surface area contributed by atoms with Crippen LogP contribution in [0, 0.1) is 24.7 Å². The van der Waals surface area contributed by atoms with Crippen LogP contribution < -0.4 is 31.3 Å². The van der Waals surface area contributed by atoms with Gasteiger partial charge < -0.3 is 35.9 Å². The fourth-order valence-electron chi connectivity index (χ4n) is 6.79. The van der Waals surface area contributed by atoms with Crippen molar-refractivity contribution in [3.8, 4) is 5.75 Å². The smallest absolute Gasteiger partial charge is 0.405 e. The van der Waals surface area contributed by atoms with E-state index in [4.69, 9.17) is 42.6 Å². The number of carbonyl (C=O) groups is 3. The summed E-state index contributed by atoms with van der Waals surface area (Å²) >= 11 is 8.76. The summed E-state index contributed by atoms with van der Waals surface area (Å²) in [6.45, 7) is 6.75. The minimum Gasteiger partial charge on any atom is -0.405 e. The van der Waals surface area contributed by atoms with E-state index in [0.29, 0.717) is 32.3 Å². The van der Waals surface area contributed by atoms with Crippen molar-refractivity contribution in [2.75, 3.05) is 56.7 Å². The number of anilines is 1. The van der Waals surface area contributed by atoms with Crippen LogP contribution in [0.4, 0.5) is 18.2 Å². The number of nitrogens with zero attached hydrogens (tertiary/aromatic N) is 4. The minimum absolute atomic E-state index is 0.00563. The zero-order chi connectivity index (χ0) is 49.0. The summed E-state index contributed by atoms with van der Waals surface area (Å²) in [7, 11) is 0. The Bertz CT molecular complexity index is 2730. The van der Waals surface area contributed by atoms with Crippen molar-refractivity contribution in [1.82, 2.24) is 25.9 Å². The van der Waals surface area contributed by atoms with Gasteiger partial charge in [0.2, 0.25) is 11.8 Å². The normalized spacial score (nSPS) is 14.0. The van der Waals surface area contributed by atoms with E-state index in [-0.39, 0.29) is 98.1 Å². The molecule has 68 heavy (non-hydrogen) atoms. The number of thioether (sulfide) groups is 1. The Balaban J connectivity index is 0.901. The number of nitrogens with two attached hydrogens (primary N) is 1. The average Bonchev–Trinajstić information content (AvgIpc) is 3.51. The molecule has 0 spiro atoms. The molecule has 358 valence electrons. The second kappa shape index (κ2) is 23.6. The maximum Gasteiger partial charge on any atom is 0.573 e. The third-order valence-electron chi connectivity index (χ3n) is 10.1. The lowest BCUT2D eigenvalue weighted by Gasteiger charge is -2.24. The zero-order valence-corrected chi connectivity index (χ0v) is 39.5. The van der Waals surface area contributed by atoms with E-state index in [9.17, 15) is 27.6 Å². The summed E-state index contributed by atoms with van der Waals surface area (Å²) < 4.78 is 53.7. The lowest BCUT2D eigenvalue weighted by molar-refractivity contribution is -0.274. The van der Waals surface area contributed by atoms with E-state index in [0.717, 1.165) is 39.4 Å². The first-order valence-corrected chi connectivity index (χ1v) is 23.2. The molecule has 1 aliphatic rings. The van der Waals surface area contributed by atoms with Crippen LogP contribution in [0.25, 0.3) is 17.0 Å². The van der Waals surface area contributed by atoms with E-state index in [1.165, 1.54) is 35.6 Å². The summed E-state index contributed by atoms with van der Waals surface area (Å²) in [5.74, 6) is -1.91. The molecular formula is C46H48ClF3N10O6S2. The predicted octanol–water partition coefficient (Wildman–Crippen LogP) is 7.04. The number of amides is 3. The van der Waals surface area contributed by atoms with Crippen molar-refractivity contribution < 1.29 is 41.8 Å². The SMILES string of the molecule is CC(=N)N1C(=N)[C@H](CC(=O)NCCOCCOCCNC(=O)CSc2nc(C=C(N)CNC(=O)c3ccccc3OC(F)(F)F)c3ccccc3n2)N=C(c2ccc(Cl)cc2)c2c1sc(C)c2C. The number of hydrogen-bond acceptors (Lipinski definition) is 14. The number of ether oxygens (including phenoxy) is 3. The number of alkyl halides is 3. The lowest BCUT2D eigenvalue weighted by Crippen LogP contribution is -2.42. The highest BCUT2D eigenvalue weighted by atomic mass is 35.5. The number of hydrogen-bond donors (Lipinski definition) is 6. The molecule has 7 N–H and O–H groups in total. The van der Waals surface area contributed by atoms with Gasteiger partial charge in [0.15, 0.2) is 5.16 Å². The molecule has 1 aliphatic heterocycles. The number of aryl methyl sites for hydroxylation is 1. The van der Waals surface area contributed by atoms with Gasteiger partial charge in [-0.2, -0.15) is 0 Å². The Labute approximate surface area is 402 Å². The molecule has 6 rings (SSSR count). The molecule has 0 saturated heterocycles. The molecule has 22 heteroatoms. The third kappa shape index (κ3) is 13.8. The Morgan fingerprint density at radius 3 is 2.28 bits per heavy atom. The number of nitrogens with one attached hydrogen (secondary N) is 5. The molecule has 0 saturated carbocycles. The first-order valence-electron chi connectivity index (χ1n) is 21.0. The van der Waals surface area contributed by atoms with Crippen LogP contribution in [-0.2, 0) is 19.1 Å². The van der Waals surface area contributed by atoms with E-state index in [1.54, 1.807) is 48.2 Å². The molecule has 0 unspecified atom stereocenters. The number of carbonyl (C=O) groups excluding carboxylic acids is 3. The van der Waals surface area contributed by atoms with Crippen LogP contribution in [0.1, 0.15) is 51.0 Å². The van der Waals surface area contributed by atoms with Gasteiger partial charge in [-0.05, 0) is 62.7 Å². The molecule has 0 bridgehead atoms. The monoisotopic (exact) mass is 992 g/mol. The van der Waals surface area contributed by atoms with Crippen LogP contribution in [-0.4, -0.2) is 109 Å². The highest BCUT2D eigenvalue weighted by molar-refractivity contribution is 7.99. The molecule has 0 radical (unpaired) electrons. The Morgan fingerprint density at radius 1 is 0.926 bits per heavy atom. The number of para-hydroxylation sites is 2. The molecule has 3 heterocycles. The first-order chi connectivity index (χ1) is 32.5. The molecule has 16 nitrogen and oxygen atoms in total. The molecule has 1 atom stereocenters. The van der Waals surface area contributed by atoms with Crippen LogP contribution in [0.3, 0.4) is 0 Å². The number of thiophene rings is 1. The maximum absolute atomic E-state index is 13.1. The molecule has 2 aromatic heterocycles. The van der Waals surface area contributed by atoms with Crippen LogP contribution in [0.2, 0.25) is 5.02 Å². The predicted molar refractivity (Wildman–Crippen MR) is 258 cm³/mol. The van der Waals surface area contributed by atoms with E-state index in [1.807, 2.05) is 26.0 Å². The quantitative estimate of drug-likeness (QED) is 0.0152. The van der Waals surface area contributed by atoms with E-state index in [2.05, 4.69) is 30.7 Å². The zero-order valence-electron chi connectivity index (χ0n) is 37.1. The summed E-state index contributed by atoms with van der Waals surface area (Å²) in [6, 6.07) is 18.5.